The molecule has 0 aromatic carbocycles. The summed E-state index contributed by atoms with van der Waals surface area (Å²) in [6, 6.07) is 0. The van der Waals surface area contributed by atoms with Gasteiger partial charge in [-0.25, -0.2) is 13.8 Å². The van der Waals surface area contributed by atoms with Crippen molar-refractivity contribution in [2.75, 3.05) is 7.11 Å². The maximum Gasteiger partial charge on any atom is 0.310 e. The Morgan fingerprint density at radius 1 is 1.62 bits per heavy atom. The van der Waals surface area contributed by atoms with Crippen molar-refractivity contribution in [2.24, 2.45) is 0 Å². The summed E-state index contributed by atoms with van der Waals surface area (Å²) in [6.45, 7) is 0. The molecule has 0 aliphatic heterocycles. The number of nitrogens with zero attached hydrogens (tertiary/aromatic N) is 2. The zero-order valence-corrected chi connectivity index (χ0v) is 8.02. The standard InChI is InChI=1S/C8H6F2N2O4/c1-16-5-2-11-6(8(9)10)7(12(14)15)4(5)3-13/h2-3,8H,1H3. The lowest BCUT2D eigenvalue weighted by molar-refractivity contribution is -0.386. The van der Waals surface area contributed by atoms with Crippen LogP contribution in [-0.2, 0) is 0 Å². The van der Waals surface area contributed by atoms with Crippen LogP contribution in [-0.4, -0.2) is 23.3 Å². The zero-order chi connectivity index (χ0) is 12.3. The van der Waals surface area contributed by atoms with E-state index in [9.17, 15) is 23.7 Å². The van der Waals surface area contributed by atoms with Gasteiger partial charge in [0.15, 0.2) is 17.7 Å². The number of carbonyl (C=O) groups is 1. The fourth-order valence-electron chi connectivity index (χ4n) is 1.14. The van der Waals surface area contributed by atoms with Crippen LogP contribution in [0.5, 0.6) is 5.75 Å². The van der Waals surface area contributed by atoms with Crippen LogP contribution in [0.4, 0.5) is 14.5 Å². The molecule has 0 saturated heterocycles. The molecule has 0 fully saturated rings. The Morgan fingerprint density at radius 3 is 2.62 bits per heavy atom. The summed E-state index contributed by atoms with van der Waals surface area (Å²) in [4.78, 5) is 23.3. The first-order chi connectivity index (χ1) is 7.52. The Hall–Kier alpha value is -2.12. The number of rotatable bonds is 4. The monoisotopic (exact) mass is 232 g/mol. The van der Waals surface area contributed by atoms with Crippen molar-refractivity contribution in [2.45, 2.75) is 6.43 Å². The zero-order valence-electron chi connectivity index (χ0n) is 8.02. The van der Waals surface area contributed by atoms with Crippen molar-refractivity contribution >= 4 is 12.0 Å². The molecule has 6 nitrogen and oxygen atoms in total. The lowest BCUT2D eigenvalue weighted by Crippen LogP contribution is -2.05. The van der Waals surface area contributed by atoms with Crippen LogP contribution < -0.4 is 4.74 Å². The van der Waals surface area contributed by atoms with E-state index in [4.69, 9.17) is 0 Å². The van der Waals surface area contributed by atoms with Crippen molar-refractivity contribution in [1.29, 1.82) is 0 Å². The normalized spacial score (nSPS) is 10.2. The summed E-state index contributed by atoms with van der Waals surface area (Å²) in [7, 11) is 1.15. The number of aromatic nitrogens is 1. The predicted octanol–water partition coefficient (Wildman–Crippen LogP) is 1.75. The van der Waals surface area contributed by atoms with Gasteiger partial charge >= 0.3 is 5.69 Å². The Labute approximate surface area is 88.0 Å². The number of ether oxygens (including phenoxy) is 1. The highest BCUT2D eigenvalue weighted by molar-refractivity contribution is 5.86. The van der Waals surface area contributed by atoms with Crippen molar-refractivity contribution in [3.63, 3.8) is 0 Å². The number of carbonyl (C=O) groups excluding carboxylic acids is 1. The van der Waals surface area contributed by atoms with E-state index < -0.39 is 28.3 Å². The van der Waals surface area contributed by atoms with Gasteiger partial charge in [-0.3, -0.25) is 14.9 Å². The van der Waals surface area contributed by atoms with E-state index in [1.165, 1.54) is 0 Å². The summed E-state index contributed by atoms with van der Waals surface area (Å²) in [5, 5.41) is 10.6. The molecule has 86 valence electrons. The number of methoxy groups -OCH3 is 1. The second-order valence-electron chi connectivity index (χ2n) is 2.65. The Kier molecular flexibility index (Phi) is 3.44. The summed E-state index contributed by atoms with van der Waals surface area (Å²) in [6.07, 6.45) is -2.20. The van der Waals surface area contributed by atoms with E-state index in [1.807, 2.05) is 0 Å². The van der Waals surface area contributed by atoms with Gasteiger partial charge in [-0.1, -0.05) is 0 Å². The smallest absolute Gasteiger partial charge is 0.310 e. The van der Waals surface area contributed by atoms with Crippen LogP contribution in [0.25, 0.3) is 0 Å². The minimum absolute atomic E-state index is 0.0878. The van der Waals surface area contributed by atoms with Crippen LogP contribution in [0.15, 0.2) is 6.20 Å². The third-order valence-electron chi connectivity index (χ3n) is 1.81. The Morgan fingerprint density at radius 2 is 2.25 bits per heavy atom. The van der Waals surface area contributed by atoms with E-state index in [1.54, 1.807) is 0 Å². The van der Waals surface area contributed by atoms with Gasteiger partial charge < -0.3 is 4.74 Å². The number of alkyl halides is 2. The quantitative estimate of drug-likeness (QED) is 0.448. The molecule has 0 unspecified atom stereocenters. The Balaban J connectivity index is 3.56. The summed E-state index contributed by atoms with van der Waals surface area (Å²) in [5.41, 5.74) is -2.62. The fourth-order valence-corrected chi connectivity index (χ4v) is 1.14. The lowest BCUT2D eigenvalue weighted by atomic mass is 10.2. The number of hydrogen-bond donors (Lipinski definition) is 0. The summed E-state index contributed by atoms with van der Waals surface area (Å²) in [5.74, 6) is -0.217. The number of aldehydes is 1. The van der Waals surface area contributed by atoms with E-state index in [0.29, 0.717) is 0 Å². The van der Waals surface area contributed by atoms with Gasteiger partial charge in [0, 0.05) is 0 Å². The molecule has 0 N–H and O–H groups in total. The van der Waals surface area contributed by atoms with Gasteiger partial charge in [-0.05, 0) is 0 Å². The van der Waals surface area contributed by atoms with Crippen LogP contribution in [0.1, 0.15) is 22.5 Å². The van der Waals surface area contributed by atoms with Crippen LogP contribution in [0.2, 0.25) is 0 Å². The second kappa shape index (κ2) is 4.60. The number of hydrogen-bond acceptors (Lipinski definition) is 5. The molecule has 0 saturated carbocycles. The molecule has 0 atom stereocenters. The van der Waals surface area contributed by atoms with Gasteiger partial charge in [0.2, 0.25) is 0 Å². The van der Waals surface area contributed by atoms with Gasteiger partial charge in [-0.2, -0.15) is 0 Å². The lowest BCUT2D eigenvalue weighted by Gasteiger charge is -2.06. The molecule has 0 aliphatic rings. The van der Waals surface area contributed by atoms with Gasteiger partial charge in [0.05, 0.1) is 18.2 Å². The van der Waals surface area contributed by atoms with E-state index in [-0.39, 0.29) is 12.0 Å². The molecule has 0 amide bonds. The van der Waals surface area contributed by atoms with E-state index >= 15 is 0 Å². The van der Waals surface area contributed by atoms with Gasteiger partial charge in [0.25, 0.3) is 6.43 Å². The van der Waals surface area contributed by atoms with Crippen LogP contribution >= 0.6 is 0 Å². The van der Waals surface area contributed by atoms with E-state index in [2.05, 4.69) is 9.72 Å². The Bertz CT molecular complexity index is 436. The van der Waals surface area contributed by atoms with Gasteiger partial charge in [0.1, 0.15) is 5.56 Å². The number of pyridine rings is 1. The molecule has 1 aromatic heterocycles. The molecule has 0 aliphatic carbocycles. The van der Waals surface area contributed by atoms with Crippen molar-refractivity contribution < 1.29 is 23.2 Å². The van der Waals surface area contributed by atoms with Crippen molar-refractivity contribution in [1.82, 2.24) is 4.98 Å². The van der Waals surface area contributed by atoms with E-state index in [0.717, 1.165) is 13.3 Å². The molecule has 16 heavy (non-hydrogen) atoms. The fraction of sp³-hybridized carbons (Fsp3) is 0.250. The topological polar surface area (TPSA) is 82.3 Å². The first-order valence-electron chi connectivity index (χ1n) is 3.97. The van der Waals surface area contributed by atoms with Crippen LogP contribution in [0.3, 0.4) is 0 Å². The number of halogens is 2. The molecule has 8 heteroatoms. The van der Waals surface area contributed by atoms with Crippen LogP contribution in [0, 0.1) is 10.1 Å². The maximum absolute atomic E-state index is 12.4. The first kappa shape index (κ1) is 12.0. The molecular weight excluding hydrogens is 226 g/mol. The molecule has 0 spiro atoms. The molecule has 1 rings (SSSR count). The summed E-state index contributed by atoms with van der Waals surface area (Å²) < 4.78 is 29.5. The molecule has 0 radical (unpaired) electrons. The predicted molar refractivity (Wildman–Crippen MR) is 47.8 cm³/mol. The minimum Gasteiger partial charge on any atom is -0.494 e. The third-order valence-corrected chi connectivity index (χ3v) is 1.81. The minimum atomic E-state index is -3.13. The largest absolute Gasteiger partial charge is 0.494 e. The SMILES string of the molecule is COc1cnc(C(F)F)c([N+](=O)[O-])c1C=O. The highest BCUT2D eigenvalue weighted by Gasteiger charge is 2.30. The summed E-state index contributed by atoms with van der Waals surface area (Å²) >= 11 is 0. The highest BCUT2D eigenvalue weighted by Crippen LogP contribution is 2.33. The second-order valence-corrected chi connectivity index (χ2v) is 2.65. The maximum atomic E-state index is 12.4. The average molecular weight is 232 g/mol. The first-order valence-corrected chi connectivity index (χ1v) is 3.97. The highest BCUT2D eigenvalue weighted by atomic mass is 19.3. The average Bonchev–Trinajstić information content (AvgIpc) is 2.26. The molecule has 1 heterocycles. The van der Waals surface area contributed by atoms with Crippen molar-refractivity contribution in [3.05, 3.63) is 27.6 Å². The molecule has 0 bridgehead atoms. The molecule has 1 aromatic rings. The number of nitro groups is 1. The third kappa shape index (κ3) is 1.95. The van der Waals surface area contributed by atoms with Gasteiger partial charge in [-0.15, -0.1) is 0 Å². The molecular formula is C8H6F2N2O4. The van der Waals surface area contributed by atoms with Crippen molar-refractivity contribution in [3.8, 4) is 5.75 Å².